The second-order valence-corrected chi connectivity index (χ2v) is 10.2. The van der Waals surface area contributed by atoms with Crippen LogP contribution in [0, 0.1) is 5.92 Å². The molecule has 1 aromatic carbocycles. The van der Waals surface area contributed by atoms with Gasteiger partial charge in [-0.2, -0.15) is 9.97 Å². The largest absolute Gasteiger partial charge is 0.393 e. The summed E-state index contributed by atoms with van der Waals surface area (Å²) < 4.78 is 35.0. The molecule has 12 heteroatoms. The minimum Gasteiger partial charge on any atom is -0.393 e. The van der Waals surface area contributed by atoms with E-state index >= 15 is 0 Å². The first-order chi connectivity index (χ1) is 18.5. The van der Waals surface area contributed by atoms with Crippen molar-refractivity contribution >= 4 is 28.7 Å². The predicted octanol–water partition coefficient (Wildman–Crippen LogP) is 2.76. The van der Waals surface area contributed by atoms with Crippen LogP contribution in [0.1, 0.15) is 37.9 Å². The quantitative estimate of drug-likeness (QED) is 0.504. The lowest BCUT2D eigenvalue weighted by molar-refractivity contribution is -0.141. The molecule has 2 aromatic heterocycles. The highest BCUT2D eigenvalue weighted by atomic mass is 19.3. The van der Waals surface area contributed by atoms with Gasteiger partial charge in [0, 0.05) is 38.2 Å². The summed E-state index contributed by atoms with van der Waals surface area (Å²) in [5, 5.41) is 13.1. The third-order valence-electron chi connectivity index (χ3n) is 7.60. The van der Waals surface area contributed by atoms with E-state index in [9.17, 15) is 18.7 Å². The van der Waals surface area contributed by atoms with Crippen molar-refractivity contribution in [3.8, 4) is 5.82 Å². The average Bonchev–Trinajstić information content (AvgIpc) is 3.31. The molecule has 1 saturated carbocycles. The molecule has 202 valence electrons. The fraction of sp³-hybridized carbons (Fsp3) is 0.538. The van der Waals surface area contributed by atoms with Crippen LogP contribution >= 0.6 is 0 Å². The summed E-state index contributed by atoms with van der Waals surface area (Å²) in [4.78, 5) is 30.2. The van der Waals surface area contributed by atoms with E-state index in [-0.39, 0.29) is 29.8 Å². The van der Waals surface area contributed by atoms with E-state index in [1.54, 1.807) is 30.3 Å². The third-order valence-corrected chi connectivity index (χ3v) is 7.60. The molecule has 2 saturated heterocycles. The second kappa shape index (κ2) is 10.4. The number of nitrogens with one attached hydrogen (secondary N) is 1. The number of halogens is 2. The molecule has 3 fully saturated rings. The van der Waals surface area contributed by atoms with Crippen molar-refractivity contribution in [3.63, 3.8) is 0 Å². The highest BCUT2D eigenvalue weighted by Crippen LogP contribution is 2.31. The highest BCUT2D eigenvalue weighted by Gasteiger charge is 2.36. The molecular formula is C26H31F2N7O3. The number of benzene rings is 1. The number of imidazole rings is 1. The molecule has 0 unspecified atom stereocenters. The second-order valence-electron chi connectivity index (χ2n) is 10.2. The summed E-state index contributed by atoms with van der Waals surface area (Å²) in [5.74, 6) is 0.980. The van der Waals surface area contributed by atoms with Gasteiger partial charge in [-0.1, -0.05) is 12.1 Å². The van der Waals surface area contributed by atoms with Gasteiger partial charge in [-0.15, -0.1) is 0 Å². The fourth-order valence-corrected chi connectivity index (χ4v) is 5.49. The maximum absolute atomic E-state index is 14.1. The zero-order chi connectivity index (χ0) is 26.2. The normalized spacial score (nSPS) is 22.6. The number of amides is 1. The summed E-state index contributed by atoms with van der Waals surface area (Å²) >= 11 is 0. The number of anilines is 2. The molecule has 3 aromatic rings. The molecule has 2 N–H and O–H groups in total. The number of aliphatic hydroxyl groups is 1. The van der Waals surface area contributed by atoms with Crippen LogP contribution in [0.4, 0.5) is 20.5 Å². The van der Waals surface area contributed by atoms with E-state index in [1.807, 2.05) is 9.80 Å². The minimum atomic E-state index is -2.78. The Morgan fingerprint density at radius 3 is 2.53 bits per heavy atom. The van der Waals surface area contributed by atoms with Crippen LogP contribution in [0.5, 0.6) is 0 Å². The van der Waals surface area contributed by atoms with Crippen molar-refractivity contribution in [2.75, 3.05) is 49.6 Å². The van der Waals surface area contributed by atoms with Crippen molar-refractivity contribution in [2.24, 2.45) is 5.92 Å². The number of rotatable bonds is 6. The van der Waals surface area contributed by atoms with Crippen molar-refractivity contribution in [2.45, 2.75) is 44.3 Å². The van der Waals surface area contributed by atoms with Crippen LogP contribution in [0.15, 0.2) is 30.3 Å². The number of fused-ring (bicyclic) bond motifs is 1. The Bertz CT molecular complexity index is 1300. The van der Waals surface area contributed by atoms with Gasteiger partial charge in [-0.3, -0.25) is 9.36 Å². The lowest BCUT2D eigenvalue weighted by Gasteiger charge is -2.42. The standard InChI is InChI=1S/C26H31F2N7O3/c27-23(28)24-30-19-3-1-2-4-20(19)35(24)22-13-21(31-26(32-22)33-9-11-38-12-10-33)29-17-14-34(15-17)25(37)16-5-7-18(36)8-6-16/h1-4,13,16-18,23,36H,5-12,14-15H2,(H,29,31,32)/t16-,18+. The van der Waals surface area contributed by atoms with Crippen LogP contribution in [-0.4, -0.2) is 87.0 Å². The first kappa shape index (κ1) is 24.9. The van der Waals surface area contributed by atoms with Crippen molar-refractivity contribution in [1.82, 2.24) is 24.4 Å². The fourth-order valence-electron chi connectivity index (χ4n) is 5.49. The molecule has 0 radical (unpaired) electrons. The number of alkyl halides is 2. The zero-order valence-corrected chi connectivity index (χ0v) is 21.0. The van der Waals surface area contributed by atoms with Gasteiger partial charge >= 0.3 is 0 Å². The predicted molar refractivity (Wildman–Crippen MR) is 137 cm³/mol. The monoisotopic (exact) mass is 527 g/mol. The van der Waals surface area contributed by atoms with Crippen LogP contribution in [0.3, 0.4) is 0 Å². The number of para-hydroxylation sites is 2. The van der Waals surface area contributed by atoms with Gasteiger partial charge < -0.3 is 25.0 Å². The molecule has 1 amide bonds. The Morgan fingerprint density at radius 2 is 1.79 bits per heavy atom. The van der Waals surface area contributed by atoms with Gasteiger partial charge in [0.25, 0.3) is 6.43 Å². The minimum absolute atomic E-state index is 0.0116. The van der Waals surface area contributed by atoms with E-state index in [0.29, 0.717) is 80.9 Å². The Labute approximate surface area is 218 Å². The lowest BCUT2D eigenvalue weighted by atomic mass is 9.86. The number of aliphatic hydroxyl groups excluding tert-OH is 1. The first-order valence-electron chi connectivity index (χ1n) is 13.2. The molecule has 4 heterocycles. The SMILES string of the molecule is O=C([C@H]1CC[C@@H](O)CC1)N1CC(Nc2cc(-n3c(C(F)F)nc4ccccc43)nc(N3CCOCC3)n2)C1. The van der Waals surface area contributed by atoms with Crippen LogP contribution in [-0.2, 0) is 9.53 Å². The molecule has 2 aliphatic heterocycles. The number of ether oxygens (including phenoxy) is 1. The molecule has 0 atom stereocenters. The van der Waals surface area contributed by atoms with Gasteiger partial charge in [0.1, 0.15) is 11.6 Å². The molecular weight excluding hydrogens is 496 g/mol. The molecule has 3 aliphatic rings. The summed E-state index contributed by atoms with van der Waals surface area (Å²) in [5.41, 5.74) is 1.01. The number of likely N-dealkylation sites (tertiary alicyclic amines) is 1. The van der Waals surface area contributed by atoms with E-state index in [0.717, 1.165) is 12.8 Å². The topological polar surface area (TPSA) is 109 Å². The number of nitrogens with zero attached hydrogens (tertiary/aromatic N) is 6. The Kier molecular flexibility index (Phi) is 6.83. The van der Waals surface area contributed by atoms with E-state index in [2.05, 4.69) is 15.3 Å². The number of hydrogen-bond acceptors (Lipinski definition) is 8. The Balaban J connectivity index is 1.26. The van der Waals surface area contributed by atoms with Crippen molar-refractivity contribution in [1.29, 1.82) is 0 Å². The van der Waals surface area contributed by atoms with Gasteiger partial charge in [0.2, 0.25) is 11.9 Å². The lowest BCUT2D eigenvalue weighted by Crippen LogP contribution is -2.58. The van der Waals surface area contributed by atoms with Crippen molar-refractivity contribution < 1.29 is 23.4 Å². The van der Waals surface area contributed by atoms with E-state index < -0.39 is 6.43 Å². The number of carbonyl (C=O) groups is 1. The molecule has 6 rings (SSSR count). The molecule has 10 nitrogen and oxygen atoms in total. The van der Waals surface area contributed by atoms with Gasteiger partial charge in [-0.25, -0.2) is 13.8 Å². The van der Waals surface area contributed by atoms with Gasteiger partial charge in [-0.05, 0) is 37.8 Å². The summed E-state index contributed by atoms with van der Waals surface area (Å²) in [6.45, 7) is 3.34. The Morgan fingerprint density at radius 1 is 1.05 bits per heavy atom. The average molecular weight is 528 g/mol. The summed E-state index contributed by atoms with van der Waals surface area (Å²) in [6.07, 6.45) is -0.299. The molecule has 0 spiro atoms. The number of aromatic nitrogens is 4. The van der Waals surface area contributed by atoms with E-state index in [4.69, 9.17) is 9.72 Å². The zero-order valence-electron chi connectivity index (χ0n) is 21.0. The van der Waals surface area contributed by atoms with Crippen LogP contribution in [0.25, 0.3) is 16.9 Å². The van der Waals surface area contributed by atoms with Crippen LogP contribution in [0.2, 0.25) is 0 Å². The molecule has 38 heavy (non-hydrogen) atoms. The number of hydrogen-bond donors (Lipinski definition) is 2. The van der Waals surface area contributed by atoms with Gasteiger partial charge in [0.15, 0.2) is 5.82 Å². The number of morpholine rings is 1. The maximum Gasteiger partial charge on any atom is 0.296 e. The van der Waals surface area contributed by atoms with Crippen LogP contribution < -0.4 is 10.2 Å². The van der Waals surface area contributed by atoms with Crippen molar-refractivity contribution in [3.05, 3.63) is 36.2 Å². The smallest absolute Gasteiger partial charge is 0.296 e. The Hall–Kier alpha value is -3.38. The maximum atomic E-state index is 14.1. The first-order valence-corrected chi connectivity index (χ1v) is 13.2. The summed E-state index contributed by atoms with van der Waals surface area (Å²) in [7, 11) is 0. The highest BCUT2D eigenvalue weighted by molar-refractivity contribution is 5.80. The molecule has 1 aliphatic carbocycles. The third kappa shape index (κ3) is 4.90. The molecule has 0 bridgehead atoms. The summed E-state index contributed by atoms with van der Waals surface area (Å²) in [6, 6.07) is 8.65. The van der Waals surface area contributed by atoms with E-state index in [1.165, 1.54) is 4.57 Å². The number of carbonyl (C=O) groups excluding carboxylic acids is 1. The van der Waals surface area contributed by atoms with Gasteiger partial charge in [0.05, 0.1) is 36.4 Å².